The molecule has 1 N–H and O–H groups in total. The summed E-state index contributed by atoms with van der Waals surface area (Å²) < 4.78 is 0. The molecule has 13 heavy (non-hydrogen) atoms. The third-order valence-electron chi connectivity index (χ3n) is 2.64. The highest BCUT2D eigenvalue weighted by atomic mass is 15.2. The molecule has 0 unspecified atom stereocenters. The molecule has 2 nitrogen and oxygen atoms in total. The molecule has 0 amide bonds. The summed E-state index contributed by atoms with van der Waals surface area (Å²) in [7, 11) is 0. The van der Waals surface area contributed by atoms with E-state index in [1.807, 2.05) is 0 Å². The van der Waals surface area contributed by atoms with Crippen LogP contribution in [0.2, 0.25) is 0 Å². The Bertz CT molecular complexity index is 130. The van der Waals surface area contributed by atoms with Crippen LogP contribution in [-0.4, -0.2) is 36.6 Å². The lowest BCUT2D eigenvalue weighted by Crippen LogP contribution is -2.31. The van der Waals surface area contributed by atoms with Gasteiger partial charge in [-0.15, -0.1) is 0 Å². The molecular weight excluding hydrogens is 160 g/mol. The van der Waals surface area contributed by atoms with Crippen molar-refractivity contribution in [2.45, 2.75) is 52.1 Å². The Labute approximate surface area is 82.7 Å². The predicted molar refractivity (Wildman–Crippen MR) is 58.0 cm³/mol. The molecule has 1 aliphatic carbocycles. The highest BCUT2D eigenvalue weighted by Gasteiger charge is 2.26. The van der Waals surface area contributed by atoms with Gasteiger partial charge >= 0.3 is 0 Å². The van der Waals surface area contributed by atoms with Gasteiger partial charge in [0.15, 0.2) is 0 Å². The SMILES string of the molecule is CCN(CCCNC(C)C)C1CC1. The molecule has 0 bridgehead atoms. The fourth-order valence-electron chi connectivity index (χ4n) is 1.71. The van der Waals surface area contributed by atoms with Crippen LogP contribution in [0.3, 0.4) is 0 Å². The number of nitrogens with one attached hydrogen (secondary N) is 1. The van der Waals surface area contributed by atoms with Gasteiger partial charge in [0.2, 0.25) is 0 Å². The van der Waals surface area contributed by atoms with Crippen LogP contribution < -0.4 is 5.32 Å². The second-order valence-corrected chi connectivity index (χ2v) is 4.32. The first-order valence-corrected chi connectivity index (χ1v) is 5.71. The monoisotopic (exact) mass is 184 g/mol. The van der Waals surface area contributed by atoms with E-state index in [9.17, 15) is 0 Å². The summed E-state index contributed by atoms with van der Waals surface area (Å²) >= 11 is 0. The molecule has 0 atom stereocenters. The molecule has 1 aliphatic rings. The van der Waals surface area contributed by atoms with Crippen molar-refractivity contribution in [3.8, 4) is 0 Å². The van der Waals surface area contributed by atoms with E-state index in [2.05, 4.69) is 31.0 Å². The fraction of sp³-hybridized carbons (Fsp3) is 1.00. The van der Waals surface area contributed by atoms with Gasteiger partial charge in [-0.1, -0.05) is 20.8 Å². The zero-order chi connectivity index (χ0) is 9.68. The van der Waals surface area contributed by atoms with Gasteiger partial charge in [-0.05, 0) is 38.9 Å². The maximum Gasteiger partial charge on any atom is 0.00963 e. The van der Waals surface area contributed by atoms with E-state index in [-0.39, 0.29) is 0 Å². The molecule has 2 heteroatoms. The lowest BCUT2D eigenvalue weighted by atomic mass is 10.3. The van der Waals surface area contributed by atoms with Gasteiger partial charge in [-0.3, -0.25) is 0 Å². The van der Waals surface area contributed by atoms with Crippen molar-refractivity contribution in [3.63, 3.8) is 0 Å². The summed E-state index contributed by atoms with van der Waals surface area (Å²) in [6.07, 6.45) is 4.17. The van der Waals surface area contributed by atoms with Crippen molar-refractivity contribution in [3.05, 3.63) is 0 Å². The average Bonchev–Trinajstić information content (AvgIpc) is 2.87. The summed E-state index contributed by atoms with van der Waals surface area (Å²) in [5.74, 6) is 0. The highest BCUT2D eigenvalue weighted by molar-refractivity contribution is 4.83. The van der Waals surface area contributed by atoms with E-state index in [0.717, 1.165) is 6.04 Å². The summed E-state index contributed by atoms with van der Waals surface area (Å²) in [6, 6.07) is 1.57. The van der Waals surface area contributed by atoms with E-state index in [4.69, 9.17) is 0 Å². The van der Waals surface area contributed by atoms with Crippen molar-refractivity contribution in [2.75, 3.05) is 19.6 Å². The van der Waals surface area contributed by atoms with Crippen LogP contribution in [0.15, 0.2) is 0 Å². The van der Waals surface area contributed by atoms with Crippen LogP contribution in [0.4, 0.5) is 0 Å². The van der Waals surface area contributed by atoms with Gasteiger partial charge in [0.25, 0.3) is 0 Å². The van der Waals surface area contributed by atoms with Gasteiger partial charge < -0.3 is 10.2 Å². The third-order valence-corrected chi connectivity index (χ3v) is 2.64. The zero-order valence-corrected chi connectivity index (χ0v) is 9.34. The number of hydrogen-bond donors (Lipinski definition) is 1. The maximum absolute atomic E-state index is 3.46. The Kier molecular flexibility index (Phi) is 4.74. The molecule has 0 radical (unpaired) electrons. The van der Waals surface area contributed by atoms with Crippen LogP contribution in [0.5, 0.6) is 0 Å². The van der Waals surface area contributed by atoms with Gasteiger partial charge in [0.05, 0.1) is 0 Å². The number of nitrogens with zero attached hydrogens (tertiary/aromatic N) is 1. The van der Waals surface area contributed by atoms with E-state index in [0.29, 0.717) is 6.04 Å². The van der Waals surface area contributed by atoms with Crippen molar-refractivity contribution in [1.82, 2.24) is 10.2 Å². The molecule has 0 aliphatic heterocycles. The molecule has 0 aromatic heterocycles. The zero-order valence-electron chi connectivity index (χ0n) is 9.34. The second-order valence-electron chi connectivity index (χ2n) is 4.32. The molecule has 1 saturated carbocycles. The first kappa shape index (κ1) is 11.0. The summed E-state index contributed by atoms with van der Waals surface area (Å²) in [6.45, 7) is 10.4. The van der Waals surface area contributed by atoms with Crippen molar-refractivity contribution in [1.29, 1.82) is 0 Å². The third kappa shape index (κ3) is 4.63. The van der Waals surface area contributed by atoms with Crippen LogP contribution >= 0.6 is 0 Å². The molecule has 0 saturated heterocycles. The van der Waals surface area contributed by atoms with Gasteiger partial charge in [-0.2, -0.15) is 0 Å². The maximum atomic E-state index is 3.46. The highest BCUT2D eigenvalue weighted by Crippen LogP contribution is 2.26. The molecular formula is C11H24N2. The molecule has 0 spiro atoms. The van der Waals surface area contributed by atoms with Crippen molar-refractivity contribution >= 4 is 0 Å². The minimum atomic E-state index is 0.635. The minimum Gasteiger partial charge on any atom is -0.314 e. The molecule has 1 rings (SSSR count). The van der Waals surface area contributed by atoms with Crippen LogP contribution in [-0.2, 0) is 0 Å². The summed E-state index contributed by atoms with van der Waals surface area (Å²) in [5, 5.41) is 3.46. The van der Waals surface area contributed by atoms with Crippen LogP contribution in [0, 0.1) is 0 Å². The predicted octanol–water partition coefficient (Wildman–Crippen LogP) is 1.86. The Morgan fingerprint density at radius 1 is 1.38 bits per heavy atom. The fourth-order valence-corrected chi connectivity index (χ4v) is 1.71. The lowest BCUT2D eigenvalue weighted by molar-refractivity contribution is 0.272. The molecule has 78 valence electrons. The number of hydrogen-bond acceptors (Lipinski definition) is 2. The van der Waals surface area contributed by atoms with E-state index in [1.54, 1.807) is 0 Å². The second kappa shape index (κ2) is 5.61. The first-order valence-electron chi connectivity index (χ1n) is 5.71. The smallest absolute Gasteiger partial charge is 0.00963 e. The van der Waals surface area contributed by atoms with Gasteiger partial charge in [-0.25, -0.2) is 0 Å². The normalized spacial score (nSPS) is 17.3. The lowest BCUT2D eigenvalue weighted by Gasteiger charge is -2.19. The van der Waals surface area contributed by atoms with Gasteiger partial charge in [0, 0.05) is 12.1 Å². The Morgan fingerprint density at radius 3 is 2.54 bits per heavy atom. The van der Waals surface area contributed by atoms with Crippen LogP contribution in [0.25, 0.3) is 0 Å². The van der Waals surface area contributed by atoms with Crippen LogP contribution in [0.1, 0.15) is 40.0 Å². The quantitative estimate of drug-likeness (QED) is 0.608. The molecule has 0 aromatic carbocycles. The van der Waals surface area contributed by atoms with Crippen molar-refractivity contribution < 1.29 is 0 Å². The average molecular weight is 184 g/mol. The molecule has 0 heterocycles. The largest absolute Gasteiger partial charge is 0.314 e. The summed E-state index contributed by atoms with van der Waals surface area (Å²) in [5.41, 5.74) is 0. The molecule has 0 aromatic rings. The summed E-state index contributed by atoms with van der Waals surface area (Å²) in [4.78, 5) is 2.61. The Balaban J connectivity index is 1.96. The minimum absolute atomic E-state index is 0.635. The topological polar surface area (TPSA) is 15.3 Å². The Hall–Kier alpha value is -0.0800. The standard InChI is InChI=1S/C11H24N2/c1-4-13(11-6-7-11)9-5-8-12-10(2)3/h10-12H,4-9H2,1-3H3. The Morgan fingerprint density at radius 2 is 2.08 bits per heavy atom. The van der Waals surface area contributed by atoms with E-state index >= 15 is 0 Å². The first-order chi connectivity index (χ1) is 6.24. The van der Waals surface area contributed by atoms with E-state index < -0.39 is 0 Å². The van der Waals surface area contributed by atoms with Gasteiger partial charge in [0.1, 0.15) is 0 Å². The molecule has 1 fully saturated rings. The van der Waals surface area contributed by atoms with Crippen molar-refractivity contribution in [2.24, 2.45) is 0 Å². The van der Waals surface area contributed by atoms with E-state index in [1.165, 1.54) is 38.9 Å². The number of rotatable bonds is 7.